The summed E-state index contributed by atoms with van der Waals surface area (Å²) in [7, 11) is 0. The molecule has 0 aromatic rings. The van der Waals surface area contributed by atoms with Crippen LogP contribution in [0.4, 0.5) is 0 Å². The summed E-state index contributed by atoms with van der Waals surface area (Å²) < 4.78 is 0. The Morgan fingerprint density at radius 3 is 2.70 bits per heavy atom. The molecule has 0 N–H and O–H groups in total. The average molecular weight is 140 g/mol. The van der Waals surface area contributed by atoms with Gasteiger partial charge in [0.25, 0.3) is 0 Å². The van der Waals surface area contributed by atoms with Crippen molar-refractivity contribution in [3.63, 3.8) is 0 Å². The largest absolute Gasteiger partial charge is 0.0654 e. The molecule has 1 aliphatic rings. The first-order valence-corrected chi connectivity index (χ1v) is 4.83. The standard InChI is InChI=1S/C10H20/c1-3-5-10-7-4-6-9(2)8-10/h9-10H,3-8H2,1-2H3/t9?,10-/m1/s1. The van der Waals surface area contributed by atoms with Crippen LogP contribution in [0, 0.1) is 11.8 Å². The van der Waals surface area contributed by atoms with Crippen LogP contribution >= 0.6 is 0 Å². The monoisotopic (exact) mass is 140 g/mol. The molecule has 0 nitrogen and oxygen atoms in total. The van der Waals surface area contributed by atoms with Gasteiger partial charge in [-0.15, -0.1) is 0 Å². The molecule has 0 radical (unpaired) electrons. The molecule has 1 fully saturated rings. The SMILES string of the molecule is CCC[C@@H]1CCCC(C)C1. The fourth-order valence-corrected chi connectivity index (χ4v) is 2.23. The Kier molecular flexibility index (Phi) is 3.24. The zero-order chi connectivity index (χ0) is 7.40. The van der Waals surface area contributed by atoms with E-state index in [2.05, 4.69) is 13.8 Å². The van der Waals surface area contributed by atoms with Crippen LogP contribution < -0.4 is 0 Å². The Balaban J connectivity index is 2.18. The van der Waals surface area contributed by atoms with Gasteiger partial charge in [0.1, 0.15) is 0 Å². The minimum Gasteiger partial charge on any atom is -0.0654 e. The summed E-state index contributed by atoms with van der Waals surface area (Å²) in [6.45, 7) is 4.71. The zero-order valence-corrected chi connectivity index (χ0v) is 7.40. The first-order valence-electron chi connectivity index (χ1n) is 4.83. The van der Waals surface area contributed by atoms with E-state index < -0.39 is 0 Å². The fraction of sp³-hybridized carbons (Fsp3) is 1.00. The molecule has 0 aromatic carbocycles. The molecule has 60 valence electrons. The van der Waals surface area contributed by atoms with Crippen LogP contribution in [-0.2, 0) is 0 Å². The summed E-state index contributed by atoms with van der Waals surface area (Å²) in [5.74, 6) is 2.10. The molecule has 0 saturated heterocycles. The summed E-state index contributed by atoms with van der Waals surface area (Å²) in [4.78, 5) is 0. The van der Waals surface area contributed by atoms with Gasteiger partial charge in [0.15, 0.2) is 0 Å². The Hall–Kier alpha value is 0. The summed E-state index contributed by atoms with van der Waals surface area (Å²) >= 11 is 0. The highest BCUT2D eigenvalue weighted by molar-refractivity contribution is 4.69. The average Bonchev–Trinajstić information content (AvgIpc) is 1.88. The van der Waals surface area contributed by atoms with E-state index in [1.54, 1.807) is 0 Å². The molecule has 0 heterocycles. The molecule has 0 aromatic heterocycles. The summed E-state index contributed by atoms with van der Waals surface area (Å²) in [5.41, 5.74) is 0. The predicted octanol–water partition coefficient (Wildman–Crippen LogP) is 3.61. The van der Waals surface area contributed by atoms with Gasteiger partial charge in [-0.05, 0) is 18.3 Å². The highest BCUT2D eigenvalue weighted by Gasteiger charge is 2.17. The maximum Gasteiger partial charge on any atom is -0.0412 e. The van der Waals surface area contributed by atoms with Crippen molar-refractivity contribution in [2.24, 2.45) is 11.8 Å². The number of rotatable bonds is 2. The van der Waals surface area contributed by atoms with Crippen LogP contribution in [0.15, 0.2) is 0 Å². The van der Waals surface area contributed by atoms with Gasteiger partial charge in [0.2, 0.25) is 0 Å². The second-order valence-electron chi connectivity index (χ2n) is 3.93. The molecule has 0 spiro atoms. The van der Waals surface area contributed by atoms with E-state index in [1.165, 1.54) is 38.5 Å². The van der Waals surface area contributed by atoms with Crippen LogP contribution in [0.2, 0.25) is 0 Å². The molecule has 1 saturated carbocycles. The van der Waals surface area contributed by atoms with Crippen molar-refractivity contribution in [1.82, 2.24) is 0 Å². The van der Waals surface area contributed by atoms with Gasteiger partial charge in [0, 0.05) is 0 Å². The second kappa shape index (κ2) is 4.00. The predicted molar refractivity (Wildman–Crippen MR) is 46.0 cm³/mol. The van der Waals surface area contributed by atoms with E-state index in [4.69, 9.17) is 0 Å². The van der Waals surface area contributed by atoms with E-state index in [0.29, 0.717) is 0 Å². The molecular weight excluding hydrogens is 120 g/mol. The lowest BCUT2D eigenvalue weighted by atomic mass is 9.80. The quantitative estimate of drug-likeness (QED) is 0.549. The van der Waals surface area contributed by atoms with Gasteiger partial charge in [-0.3, -0.25) is 0 Å². The smallest absolute Gasteiger partial charge is 0.0412 e. The Bertz CT molecular complexity index is 84.0. The van der Waals surface area contributed by atoms with Crippen molar-refractivity contribution < 1.29 is 0 Å². The molecule has 2 atom stereocenters. The molecule has 0 heteroatoms. The van der Waals surface area contributed by atoms with Gasteiger partial charge < -0.3 is 0 Å². The molecule has 1 rings (SSSR count). The first kappa shape index (κ1) is 8.10. The third kappa shape index (κ3) is 2.32. The van der Waals surface area contributed by atoms with Crippen LogP contribution in [0.25, 0.3) is 0 Å². The van der Waals surface area contributed by atoms with Crippen LogP contribution in [0.3, 0.4) is 0 Å². The summed E-state index contributed by atoms with van der Waals surface area (Å²) in [6, 6.07) is 0. The van der Waals surface area contributed by atoms with Crippen molar-refractivity contribution in [2.75, 3.05) is 0 Å². The van der Waals surface area contributed by atoms with Crippen molar-refractivity contribution in [3.8, 4) is 0 Å². The topological polar surface area (TPSA) is 0 Å². The van der Waals surface area contributed by atoms with Crippen LogP contribution in [0.1, 0.15) is 52.4 Å². The first-order chi connectivity index (χ1) is 4.83. The third-order valence-electron chi connectivity index (χ3n) is 2.74. The van der Waals surface area contributed by atoms with Crippen molar-refractivity contribution in [3.05, 3.63) is 0 Å². The normalized spacial score (nSPS) is 34.2. The molecule has 1 unspecified atom stereocenters. The van der Waals surface area contributed by atoms with E-state index >= 15 is 0 Å². The van der Waals surface area contributed by atoms with E-state index in [9.17, 15) is 0 Å². The minimum absolute atomic E-state index is 1.02. The van der Waals surface area contributed by atoms with Gasteiger partial charge in [0.05, 0.1) is 0 Å². The maximum atomic E-state index is 2.40. The lowest BCUT2D eigenvalue weighted by Gasteiger charge is -2.26. The van der Waals surface area contributed by atoms with E-state index in [1.807, 2.05) is 0 Å². The van der Waals surface area contributed by atoms with Crippen molar-refractivity contribution in [1.29, 1.82) is 0 Å². The van der Waals surface area contributed by atoms with Gasteiger partial charge in [-0.2, -0.15) is 0 Å². The Morgan fingerprint density at radius 1 is 1.30 bits per heavy atom. The fourth-order valence-electron chi connectivity index (χ4n) is 2.23. The molecular formula is C10H20. The van der Waals surface area contributed by atoms with Crippen LogP contribution in [0.5, 0.6) is 0 Å². The van der Waals surface area contributed by atoms with Crippen molar-refractivity contribution in [2.45, 2.75) is 52.4 Å². The molecule has 0 aliphatic heterocycles. The van der Waals surface area contributed by atoms with Gasteiger partial charge >= 0.3 is 0 Å². The highest BCUT2D eigenvalue weighted by atomic mass is 14.2. The third-order valence-corrected chi connectivity index (χ3v) is 2.74. The van der Waals surface area contributed by atoms with Crippen molar-refractivity contribution >= 4 is 0 Å². The van der Waals surface area contributed by atoms with Crippen LogP contribution in [-0.4, -0.2) is 0 Å². The lowest BCUT2D eigenvalue weighted by molar-refractivity contribution is 0.268. The number of hydrogen-bond donors (Lipinski definition) is 0. The Labute approximate surface area is 65.0 Å². The highest BCUT2D eigenvalue weighted by Crippen LogP contribution is 2.31. The zero-order valence-electron chi connectivity index (χ0n) is 7.40. The molecule has 0 bridgehead atoms. The number of hydrogen-bond acceptors (Lipinski definition) is 0. The summed E-state index contributed by atoms with van der Waals surface area (Å²) in [5, 5.41) is 0. The maximum absolute atomic E-state index is 2.40. The summed E-state index contributed by atoms with van der Waals surface area (Å²) in [6.07, 6.45) is 8.86. The Morgan fingerprint density at radius 2 is 2.10 bits per heavy atom. The van der Waals surface area contributed by atoms with Gasteiger partial charge in [-0.25, -0.2) is 0 Å². The lowest BCUT2D eigenvalue weighted by Crippen LogP contribution is -2.12. The molecule has 10 heavy (non-hydrogen) atoms. The van der Waals surface area contributed by atoms with E-state index in [-0.39, 0.29) is 0 Å². The minimum atomic E-state index is 1.02. The van der Waals surface area contributed by atoms with E-state index in [0.717, 1.165) is 11.8 Å². The molecule has 0 amide bonds. The second-order valence-corrected chi connectivity index (χ2v) is 3.93. The molecule has 1 aliphatic carbocycles. The van der Waals surface area contributed by atoms with Gasteiger partial charge in [-0.1, -0.05) is 46.0 Å².